The van der Waals surface area contributed by atoms with Crippen molar-refractivity contribution in [2.45, 2.75) is 19.3 Å². The zero-order valence-electron chi connectivity index (χ0n) is 8.92. The highest BCUT2D eigenvalue weighted by molar-refractivity contribution is 5.30. The van der Waals surface area contributed by atoms with Crippen molar-refractivity contribution in [3.8, 4) is 5.75 Å². The number of nitrogens with two attached hydrogens (primary N) is 1. The van der Waals surface area contributed by atoms with E-state index in [0.29, 0.717) is 12.3 Å². The second-order valence-corrected chi connectivity index (χ2v) is 4.34. The van der Waals surface area contributed by atoms with E-state index in [4.69, 9.17) is 10.5 Å². The van der Waals surface area contributed by atoms with Crippen molar-refractivity contribution in [1.29, 1.82) is 0 Å². The lowest BCUT2D eigenvalue weighted by molar-refractivity contribution is 0.409. The van der Waals surface area contributed by atoms with E-state index in [-0.39, 0.29) is 11.2 Å². The van der Waals surface area contributed by atoms with E-state index in [1.807, 2.05) is 0 Å². The quantitative estimate of drug-likeness (QED) is 0.824. The highest BCUT2D eigenvalue weighted by Gasteiger charge is 2.41. The molecule has 0 heterocycles. The fourth-order valence-corrected chi connectivity index (χ4v) is 1.83. The molecule has 1 aromatic carbocycles. The van der Waals surface area contributed by atoms with Crippen molar-refractivity contribution < 1.29 is 9.13 Å². The first kappa shape index (κ1) is 10.4. The van der Waals surface area contributed by atoms with Crippen molar-refractivity contribution >= 4 is 0 Å². The largest absolute Gasteiger partial charge is 0.497 e. The summed E-state index contributed by atoms with van der Waals surface area (Å²) >= 11 is 0. The van der Waals surface area contributed by atoms with Crippen LogP contribution in [0.4, 0.5) is 4.39 Å². The average Bonchev–Trinajstić information content (AvgIpc) is 3.02. The molecule has 82 valence electrons. The lowest BCUT2D eigenvalue weighted by atomic mass is 9.96. The van der Waals surface area contributed by atoms with Crippen LogP contribution in [0.25, 0.3) is 0 Å². The number of halogens is 1. The predicted octanol–water partition coefficient (Wildman–Crippen LogP) is 2.12. The number of hydrogen-bond acceptors (Lipinski definition) is 2. The van der Waals surface area contributed by atoms with Gasteiger partial charge < -0.3 is 10.5 Å². The minimum Gasteiger partial charge on any atom is -0.497 e. The Morgan fingerprint density at radius 3 is 2.67 bits per heavy atom. The molecular formula is C12H16FNO. The molecule has 0 aliphatic heterocycles. The van der Waals surface area contributed by atoms with Gasteiger partial charge in [-0.1, -0.05) is 6.07 Å². The van der Waals surface area contributed by atoms with Crippen LogP contribution in [0.3, 0.4) is 0 Å². The van der Waals surface area contributed by atoms with Gasteiger partial charge in [0.2, 0.25) is 0 Å². The van der Waals surface area contributed by atoms with E-state index >= 15 is 0 Å². The Balaban J connectivity index is 2.15. The highest BCUT2D eigenvalue weighted by Crippen LogP contribution is 2.47. The van der Waals surface area contributed by atoms with Crippen LogP contribution in [-0.2, 0) is 6.42 Å². The van der Waals surface area contributed by atoms with Gasteiger partial charge in [0.1, 0.15) is 11.6 Å². The summed E-state index contributed by atoms with van der Waals surface area (Å²) in [5, 5.41) is 0. The molecule has 0 saturated heterocycles. The minimum absolute atomic E-state index is 0.176. The summed E-state index contributed by atoms with van der Waals surface area (Å²) < 4.78 is 18.6. The van der Waals surface area contributed by atoms with E-state index in [0.717, 1.165) is 24.8 Å². The Morgan fingerprint density at radius 1 is 1.47 bits per heavy atom. The van der Waals surface area contributed by atoms with Gasteiger partial charge in [-0.15, -0.1) is 0 Å². The molecule has 0 bridgehead atoms. The zero-order chi connectivity index (χ0) is 10.9. The number of benzene rings is 1. The van der Waals surface area contributed by atoms with E-state index < -0.39 is 0 Å². The third-order valence-electron chi connectivity index (χ3n) is 3.22. The van der Waals surface area contributed by atoms with Gasteiger partial charge in [-0.05, 0) is 42.9 Å². The van der Waals surface area contributed by atoms with Crippen molar-refractivity contribution in [3.05, 3.63) is 29.6 Å². The Morgan fingerprint density at radius 2 is 2.20 bits per heavy atom. The molecule has 1 aromatic rings. The van der Waals surface area contributed by atoms with Crippen LogP contribution in [0.5, 0.6) is 5.75 Å². The molecule has 3 heteroatoms. The van der Waals surface area contributed by atoms with Crippen LogP contribution in [0.15, 0.2) is 18.2 Å². The smallest absolute Gasteiger partial charge is 0.130 e. The number of rotatable bonds is 4. The second-order valence-electron chi connectivity index (χ2n) is 4.34. The van der Waals surface area contributed by atoms with Gasteiger partial charge in [-0.3, -0.25) is 0 Å². The van der Waals surface area contributed by atoms with E-state index in [1.54, 1.807) is 12.1 Å². The molecule has 15 heavy (non-hydrogen) atoms. The summed E-state index contributed by atoms with van der Waals surface area (Å²) in [7, 11) is 1.54. The predicted molar refractivity (Wildman–Crippen MR) is 57.4 cm³/mol. The maximum Gasteiger partial charge on any atom is 0.130 e. The van der Waals surface area contributed by atoms with Crippen molar-refractivity contribution in [2.24, 2.45) is 11.1 Å². The van der Waals surface area contributed by atoms with Crippen molar-refractivity contribution in [1.82, 2.24) is 0 Å². The number of ether oxygens (including phenoxy) is 1. The van der Waals surface area contributed by atoms with Gasteiger partial charge in [0, 0.05) is 6.07 Å². The first-order chi connectivity index (χ1) is 7.19. The summed E-state index contributed by atoms with van der Waals surface area (Å²) in [4.78, 5) is 0. The highest BCUT2D eigenvalue weighted by atomic mass is 19.1. The summed E-state index contributed by atoms with van der Waals surface area (Å²) in [6, 6.07) is 5.02. The van der Waals surface area contributed by atoms with E-state index in [9.17, 15) is 4.39 Å². The van der Waals surface area contributed by atoms with Crippen LogP contribution in [-0.4, -0.2) is 13.7 Å². The lowest BCUT2D eigenvalue weighted by Crippen LogP contribution is -2.18. The van der Waals surface area contributed by atoms with Crippen LogP contribution in [0.1, 0.15) is 18.4 Å². The molecule has 0 atom stereocenters. The summed E-state index contributed by atoms with van der Waals surface area (Å²) in [6.07, 6.45) is 2.99. The third kappa shape index (κ3) is 2.12. The van der Waals surface area contributed by atoms with Gasteiger partial charge in [0.25, 0.3) is 0 Å². The first-order valence-corrected chi connectivity index (χ1v) is 5.22. The molecular weight excluding hydrogens is 193 g/mol. The molecule has 0 spiro atoms. The van der Waals surface area contributed by atoms with E-state index in [2.05, 4.69) is 0 Å². The van der Waals surface area contributed by atoms with Crippen LogP contribution in [0, 0.1) is 11.2 Å². The molecule has 1 aliphatic rings. The number of methoxy groups -OCH3 is 1. The van der Waals surface area contributed by atoms with Crippen LogP contribution >= 0.6 is 0 Å². The van der Waals surface area contributed by atoms with Gasteiger partial charge in [-0.2, -0.15) is 0 Å². The Kier molecular flexibility index (Phi) is 2.65. The van der Waals surface area contributed by atoms with E-state index in [1.165, 1.54) is 13.2 Å². The van der Waals surface area contributed by atoms with Crippen molar-refractivity contribution in [2.75, 3.05) is 13.7 Å². The Bertz CT molecular complexity index is 361. The molecule has 0 amide bonds. The van der Waals surface area contributed by atoms with Gasteiger partial charge in [0.05, 0.1) is 7.11 Å². The number of hydrogen-bond donors (Lipinski definition) is 1. The van der Waals surface area contributed by atoms with Gasteiger partial charge >= 0.3 is 0 Å². The summed E-state index contributed by atoms with van der Waals surface area (Å²) in [6.45, 7) is 0.651. The van der Waals surface area contributed by atoms with Crippen LogP contribution in [0.2, 0.25) is 0 Å². The molecule has 0 radical (unpaired) electrons. The molecule has 1 fully saturated rings. The average molecular weight is 209 g/mol. The Hall–Kier alpha value is -1.09. The normalized spacial score (nSPS) is 17.5. The second kappa shape index (κ2) is 3.81. The standard InChI is InChI=1S/C12H16FNO/c1-15-10-3-2-9(11(13)6-10)7-12(8-14)4-5-12/h2-3,6H,4-5,7-8,14H2,1H3. The molecule has 1 saturated carbocycles. The lowest BCUT2D eigenvalue weighted by Gasteiger charge is -2.13. The first-order valence-electron chi connectivity index (χ1n) is 5.22. The fourth-order valence-electron chi connectivity index (χ4n) is 1.83. The molecule has 2 N–H and O–H groups in total. The molecule has 1 aliphatic carbocycles. The molecule has 0 unspecified atom stereocenters. The molecule has 2 rings (SSSR count). The zero-order valence-corrected chi connectivity index (χ0v) is 8.92. The van der Waals surface area contributed by atoms with Gasteiger partial charge in [-0.25, -0.2) is 4.39 Å². The summed E-state index contributed by atoms with van der Waals surface area (Å²) in [5.74, 6) is 0.378. The fraction of sp³-hybridized carbons (Fsp3) is 0.500. The minimum atomic E-state index is -0.186. The topological polar surface area (TPSA) is 35.2 Å². The Labute approximate surface area is 89.2 Å². The van der Waals surface area contributed by atoms with Crippen LogP contribution < -0.4 is 10.5 Å². The molecule has 0 aromatic heterocycles. The van der Waals surface area contributed by atoms with Gasteiger partial charge in [0.15, 0.2) is 0 Å². The van der Waals surface area contributed by atoms with Crippen molar-refractivity contribution in [3.63, 3.8) is 0 Å². The maximum absolute atomic E-state index is 13.6. The maximum atomic E-state index is 13.6. The molecule has 2 nitrogen and oxygen atoms in total. The third-order valence-corrected chi connectivity index (χ3v) is 3.22. The monoisotopic (exact) mass is 209 g/mol. The summed E-state index contributed by atoms with van der Waals surface area (Å²) in [5.41, 5.74) is 6.60. The SMILES string of the molecule is COc1ccc(CC2(CN)CC2)c(F)c1.